The summed E-state index contributed by atoms with van der Waals surface area (Å²) in [5.41, 5.74) is 0.364. The van der Waals surface area contributed by atoms with Gasteiger partial charge in [0.25, 0.3) is 0 Å². The Hall–Kier alpha value is -1.30. The van der Waals surface area contributed by atoms with Gasteiger partial charge in [-0.25, -0.2) is 0 Å². The smallest absolute Gasteiger partial charge is 0.305 e. The fourth-order valence-electron chi connectivity index (χ4n) is 3.67. The Bertz CT molecular complexity index is 434. The Kier molecular flexibility index (Phi) is 8.52. The van der Waals surface area contributed by atoms with Crippen molar-refractivity contribution in [1.82, 2.24) is 10.2 Å². The first-order valence-electron chi connectivity index (χ1n) is 9.96. The highest BCUT2D eigenvalue weighted by Gasteiger charge is 2.42. The molecular weight excluding hydrogens is 318 g/mol. The Morgan fingerprint density at radius 1 is 1.24 bits per heavy atom. The van der Waals surface area contributed by atoms with Gasteiger partial charge in [-0.1, -0.05) is 12.8 Å². The minimum Gasteiger partial charge on any atom is -0.466 e. The second-order valence-corrected chi connectivity index (χ2v) is 7.18. The summed E-state index contributed by atoms with van der Waals surface area (Å²) in [4.78, 5) is 18.5. The number of carbonyl (C=O) groups is 1. The standard InChI is InChI=1S/C19H35N3O3/c1-3-20-18(22-13-10-19(15-22)11-14-24-16-19)21-12-8-6-5-7-9-17(23)25-4-2/h3-16H2,1-2H3,(H,20,21). The van der Waals surface area contributed by atoms with Crippen LogP contribution in [0.4, 0.5) is 0 Å². The van der Waals surface area contributed by atoms with E-state index in [1.807, 2.05) is 6.92 Å². The molecule has 2 saturated heterocycles. The van der Waals surface area contributed by atoms with Gasteiger partial charge in [0.05, 0.1) is 13.2 Å². The number of likely N-dealkylation sites (tertiary alicyclic amines) is 1. The molecule has 0 aliphatic carbocycles. The van der Waals surface area contributed by atoms with E-state index in [0.717, 1.165) is 71.0 Å². The molecule has 0 radical (unpaired) electrons. The Balaban J connectivity index is 1.65. The number of rotatable bonds is 9. The second kappa shape index (κ2) is 10.6. The zero-order valence-electron chi connectivity index (χ0n) is 16.0. The van der Waals surface area contributed by atoms with Crippen LogP contribution in [0.2, 0.25) is 0 Å². The molecule has 1 N–H and O–H groups in total. The van der Waals surface area contributed by atoms with Crippen LogP contribution < -0.4 is 5.32 Å². The van der Waals surface area contributed by atoms with Crippen molar-refractivity contribution in [1.29, 1.82) is 0 Å². The molecule has 2 heterocycles. The van der Waals surface area contributed by atoms with Crippen LogP contribution in [0.25, 0.3) is 0 Å². The highest BCUT2D eigenvalue weighted by molar-refractivity contribution is 5.80. The first-order chi connectivity index (χ1) is 12.2. The van der Waals surface area contributed by atoms with Crippen molar-refractivity contribution in [3.8, 4) is 0 Å². The SMILES string of the molecule is CCNC(=NCCCCCCC(=O)OCC)N1CCC2(CCOC2)C1. The molecule has 0 amide bonds. The van der Waals surface area contributed by atoms with Gasteiger partial charge >= 0.3 is 5.97 Å². The average Bonchev–Trinajstić information content (AvgIpc) is 3.23. The van der Waals surface area contributed by atoms with Gasteiger partial charge in [0.15, 0.2) is 5.96 Å². The molecule has 2 fully saturated rings. The zero-order chi connectivity index (χ0) is 18.0. The summed E-state index contributed by atoms with van der Waals surface area (Å²) in [6.07, 6.45) is 7.10. The maximum atomic E-state index is 11.3. The third kappa shape index (κ3) is 6.49. The maximum absolute atomic E-state index is 11.3. The molecular formula is C19H35N3O3. The van der Waals surface area contributed by atoms with Crippen LogP contribution in [-0.2, 0) is 14.3 Å². The highest BCUT2D eigenvalue weighted by atomic mass is 16.5. The van der Waals surface area contributed by atoms with E-state index in [0.29, 0.717) is 18.4 Å². The van der Waals surface area contributed by atoms with Crippen molar-refractivity contribution in [2.45, 2.75) is 58.8 Å². The van der Waals surface area contributed by atoms with Crippen molar-refractivity contribution >= 4 is 11.9 Å². The van der Waals surface area contributed by atoms with Gasteiger partial charge in [-0.05, 0) is 39.5 Å². The van der Waals surface area contributed by atoms with Crippen molar-refractivity contribution in [3.63, 3.8) is 0 Å². The lowest BCUT2D eigenvalue weighted by atomic mass is 9.87. The summed E-state index contributed by atoms with van der Waals surface area (Å²) in [6.45, 7) is 10.2. The zero-order valence-corrected chi connectivity index (χ0v) is 16.0. The maximum Gasteiger partial charge on any atom is 0.305 e. The predicted octanol–water partition coefficient (Wildman–Crippen LogP) is 2.58. The third-order valence-corrected chi connectivity index (χ3v) is 5.11. The van der Waals surface area contributed by atoms with Crippen LogP contribution in [-0.4, -0.2) is 62.8 Å². The van der Waals surface area contributed by atoms with Gasteiger partial charge in [0.2, 0.25) is 0 Å². The first-order valence-corrected chi connectivity index (χ1v) is 9.96. The van der Waals surface area contributed by atoms with E-state index in [1.165, 1.54) is 12.8 Å². The number of ether oxygens (including phenoxy) is 2. The molecule has 6 nitrogen and oxygen atoms in total. The molecule has 0 aromatic heterocycles. The van der Waals surface area contributed by atoms with E-state index in [-0.39, 0.29) is 5.97 Å². The average molecular weight is 354 g/mol. The summed E-state index contributed by atoms with van der Waals surface area (Å²) in [6, 6.07) is 0. The molecule has 1 unspecified atom stereocenters. The van der Waals surface area contributed by atoms with Crippen molar-refractivity contribution < 1.29 is 14.3 Å². The molecule has 0 bridgehead atoms. The van der Waals surface area contributed by atoms with E-state index >= 15 is 0 Å². The molecule has 25 heavy (non-hydrogen) atoms. The van der Waals surface area contributed by atoms with Crippen LogP contribution >= 0.6 is 0 Å². The summed E-state index contributed by atoms with van der Waals surface area (Å²) >= 11 is 0. The molecule has 1 atom stereocenters. The number of guanidine groups is 1. The molecule has 6 heteroatoms. The fraction of sp³-hybridized carbons (Fsp3) is 0.895. The van der Waals surface area contributed by atoms with E-state index < -0.39 is 0 Å². The number of hydrogen-bond acceptors (Lipinski definition) is 4. The molecule has 1 spiro atoms. The summed E-state index contributed by atoms with van der Waals surface area (Å²) in [5.74, 6) is 0.978. The second-order valence-electron chi connectivity index (χ2n) is 7.18. The largest absolute Gasteiger partial charge is 0.466 e. The quantitative estimate of drug-likeness (QED) is 0.299. The molecule has 2 aliphatic rings. The van der Waals surface area contributed by atoms with Crippen LogP contribution in [0, 0.1) is 5.41 Å². The van der Waals surface area contributed by atoms with Crippen molar-refractivity contribution in [2.24, 2.45) is 10.4 Å². The van der Waals surface area contributed by atoms with Gasteiger partial charge < -0.3 is 19.7 Å². The van der Waals surface area contributed by atoms with Gasteiger partial charge in [0.1, 0.15) is 0 Å². The third-order valence-electron chi connectivity index (χ3n) is 5.11. The number of aliphatic imine (C=N–C) groups is 1. The number of carbonyl (C=O) groups excluding carboxylic acids is 1. The minimum absolute atomic E-state index is 0.0752. The summed E-state index contributed by atoms with van der Waals surface area (Å²) < 4.78 is 10.6. The predicted molar refractivity (Wildman–Crippen MR) is 99.8 cm³/mol. The van der Waals surface area contributed by atoms with E-state index in [2.05, 4.69) is 17.1 Å². The van der Waals surface area contributed by atoms with Crippen LogP contribution in [0.3, 0.4) is 0 Å². The summed E-state index contributed by atoms with van der Waals surface area (Å²) in [7, 11) is 0. The molecule has 0 aromatic rings. The molecule has 0 aromatic carbocycles. The number of unbranched alkanes of at least 4 members (excludes halogenated alkanes) is 3. The molecule has 2 aliphatic heterocycles. The normalized spacial score (nSPS) is 23.4. The molecule has 2 rings (SSSR count). The van der Waals surface area contributed by atoms with E-state index in [1.54, 1.807) is 0 Å². The fourth-order valence-corrected chi connectivity index (χ4v) is 3.67. The Labute approximate surface area is 152 Å². The van der Waals surface area contributed by atoms with Crippen LogP contribution in [0.5, 0.6) is 0 Å². The minimum atomic E-state index is -0.0752. The van der Waals surface area contributed by atoms with Gasteiger partial charge in [0, 0.05) is 44.6 Å². The number of nitrogens with one attached hydrogen (secondary N) is 1. The lowest BCUT2D eigenvalue weighted by molar-refractivity contribution is -0.143. The van der Waals surface area contributed by atoms with E-state index in [4.69, 9.17) is 14.5 Å². The Morgan fingerprint density at radius 2 is 2.08 bits per heavy atom. The number of esters is 1. The number of nitrogens with zero attached hydrogens (tertiary/aromatic N) is 2. The first kappa shape index (κ1) is 20.0. The Morgan fingerprint density at radius 3 is 2.80 bits per heavy atom. The van der Waals surface area contributed by atoms with Gasteiger partial charge in [-0.3, -0.25) is 9.79 Å². The lowest BCUT2D eigenvalue weighted by Gasteiger charge is -2.25. The van der Waals surface area contributed by atoms with Gasteiger partial charge in [-0.2, -0.15) is 0 Å². The topological polar surface area (TPSA) is 63.2 Å². The van der Waals surface area contributed by atoms with Crippen molar-refractivity contribution in [2.75, 3.05) is 46.0 Å². The number of hydrogen-bond donors (Lipinski definition) is 1. The van der Waals surface area contributed by atoms with Crippen molar-refractivity contribution in [3.05, 3.63) is 0 Å². The molecule has 0 saturated carbocycles. The van der Waals surface area contributed by atoms with Crippen LogP contribution in [0.1, 0.15) is 58.8 Å². The van der Waals surface area contributed by atoms with E-state index in [9.17, 15) is 4.79 Å². The van der Waals surface area contributed by atoms with Crippen LogP contribution in [0.15, 0.2) is 4.99 Å². The lowest BCUT2D eigenvalue weighted by Crippen LogP contribution is -2.41. The van der Waals surface area contributed by atoms with Gasteiger partial charge in [-0.15, -0.1) is 0 Å². The molecule has 144 valence electrons. The monoisotopic (exact) mass is 353 g/mol. The summed E-state index contributed by atoms with van der Waals surface area (Å²) in [5, 5.41) is 3.44. The highest BCUT2D eigenvalue weighted by Crippen LogP contribution is 2.38.